The van der Waals surface area contributed by atoms with E-state index in [0.717, 1.165) is 31.6 Å². The molecule has 2 aliphatic heterocycles. The van der Waals surface area contributed by atoms with Crippen LogP contribution in [0.4, 0.5) is 10.6 Å². The molecule has 1 aromatic carbocycles. The van der Waals surface area contributed by atoms with E-state index in [9.17, 15) is 19.5 Å². The van der Waals surface area contributed by atoms with Crippen LogP contribution < -0.4 is 22.5 Å². The second-order valence-electron chi connectivity index (χ2n) is 10.6. The number of halogens is 1. The van der Waals surface area contributed by atoms with Gasteiger partial charge in [0.05, 0.1) is 12.3 Å². The van der Waals surface area contributed by atoms with Crippen molar-refractivity contribution in [3.8, 4) is 5.69 Å². The minimum atomic E-state index is -1.35. The van der Waals surface area contributed by atoms with Crippen molar-refractivity contribution in [2.24, 2.45) is 17.4 Å². The zero-order valence-electron chi connectivity index (χ0n) is 22.5. The lowest BCUT2D eigenvalue weighted by molar-refractivity contribution is -0.139. The highest BCUT2D eigenvalue weighted by Crippen LogP contribution is 2.18. The average molecular weight is 563 g/mol. The number of urea groups is 1. The van der Waals surface area contributed by atoms with E-state index in [0.29, 0.717) is 37.8 Å². The monoisotopic (exact) mass is 562 g/mol. The molecule has 0 aliphatic carbocycles. The Bertz CT molecular complexity index is 1200. The molecule has 12 nitrogen and oxygen atoms in total. The molecule has 3 heterocycles. The first-order valence-electron chi connectivity index (χ1n) is 13.0. The van der Waals surface area contributed by atoms with Crippen LogP contribution in [0.2, 0.25) is 0 Å². The number of aliphatic hydroxyl groups excluding tert-OH is 1. The number of carbonyl (C=O) groups excluding carboxylic acids is 2. The molecular weight excluding hydrogens is 524 g/mol. The second-order valence-corrected chi connectivity index (χ2v) is 10.6. The highest BCUT2D eigenvalue weighted by molar-refractivity contribution is 5.89. The highest BCUT2D eigenvalue weighted by Gasteiger charge is 2.34. The molecule has 2 aliphatic rings. The van der Waals surface area contributed by atoms with Gasteiger partial charge < -0.3 is 26.4 Å². The van der Waals surface area contributed by atoms with Crippen molar-refractivity contribution in [1.82, 2.24) is 24.3 Å². The Labute approximate surface area is 234 Å². The lowest BCUT2D eigenvalue weighted by Crippen LogP contribution is -2.60. The van der Waals surface area contributed by atoms with E-state index in [1.165, 1.54) is 16.4 Å². The van der Waals surface area contributed by atoms with Gasteiger partial charge in [-0.25, -0.2) is 9.59 Å². The number of carbonyl (C=O) groups is 2. The van der Waals surface area contributed by atoms with E-state index in [4.69, 9.17) is 11.5 Å². The summed E-state index contributed by atoms with van der Waals surface area (Å²) in [7, 11) is 0. The van der Waals surface area contributed by atoms with Gasteiger partial charge in [-0.3, -0.25) is 19.6 Å². The van der Waals surface area contributed by atoms with E-state index in [2.05, 4.69) is 22.1 Å². The van der Waals surface area contributed by atoms with Crippen LogP contribution in [0.5, 0.6) is 0 Å². The third-order valence-corrected chi connectivity index (χ3v) is 7.39. The molecule has 0 spiro atoms. The van der Waals surface area contributed by atoms with Crippen molar-refractivity contribution < 1.29 is 14.7 Å². The maximum absolute atomic E-state index is 12.7. The fourth-order valence-electron chi connectivity index (χ4n) is 4.81. The Morgan fingerprint density at radius 2 is 1.74 bits per heavy atom. The zero-order valence-corrected chi connectivity index (χ0v) is 23.3. The number of hydrogen-bond acceptors (Lipinski definition) is 8. The van der Waals surface area contributed by atoms with Gasteiger partial charge in [0.2, 0.25) is 5.91 Å². The number of hydrogen-bond donors (Lipinski definition) is 4. The number of anilines is 1. The van der Waals surface area contributed by atoms with Crippen molar-refractivity contribution in [1.29, 1.82) is 0 Å². The summed E-state index contributed by atoms with van der Waals surface area (Å²) in [4.78, 5) is 47.3. The molecule has 2 saturated heterocycles. The number of rotatable bonds is 6. The maximum Gasteiger partial charge on any atom is 0.354 e. The van der Waals surface area contributed by atoms with Crippen molar-refractivity contribution in [3.63, 3.8) is 0 Å². The van der Waals surface area contributed by atoms with E-state index in [1.54, 1.807) is 17.2 Å². The van der Waals surface area contributed by atoms with Gasteiger partial charge in [-0.2, -0.15) is 4.98 Å². The van der Waals surface area contributed by atoms with E-state index >= 15 is 0 Å². The standard InChI is InChI=1S/C26H38N8O4.ClH/c1-18-15-31(9-7-21(18)27)16-19-3-5-20(6-4-19)34-10-8-22(30-25(34)38)29-24(37)33-13-11-32(12-14-33)23(36)26(2,28)17-35;/h3-6,8,10,18,21,35H,7,9,11-17,27-28H2,1-2H3,(H,29,30,37,38);1H/t18-,21-,26+;/m1./s1. The molecule has 13 heteroatoms. The maximum atomic E-state index is 12.7. The van der Waals surface area contributed by atoms with Gasteiger partial charge in [0, 0.05) is 51.5 Å². The van der Waals surface area contributed by atoms with E-state index in [-0.39, 0.29) is 30.2 Å². The molecule has 0 saturated carbocycles. The molecule has 0 radical (unpaired) electrons. The second kappa shape index (κ2) is 12.9. The summed E-state index contributed by atoms with van der Waals surface area (Å²) < 4.78 is 1.43. The predicted molar refractivity (Wildman–Crippen MR) is 151 cm³/mol. The lowest BCUT2D eigenvalue weighted by Gasteiger charge is -2.37. The van der Waals surface area contributed by atoms with E-state index < -0.39 is 23.9 Å². The van der Waals surface area contributed by atoms with Crippen LogP contribution in [0.15, 0.2) is 41.3 Å². The minimum Gasteiger partial charge on any atom is -0.394 e. The number of piperidine rings is 1. The molecule has 1 aromatic heterocycles. The molecule has 2 aromatic rings. The first-order valence-corrected chi connectivity index (χ1v) is 13.0. The van der Waals surface area contributed by atoms with Gasteiger partial charge >= 0.3 is 11.7 Å². The molecule has 0 bridgehead atoms. The van der Waals surface area contributed by atoms with Gasteiger partial charge in [0.25, 0.3) is 0 Å². The smallest absolute Gasteiger partial charge is 0.354 e. The number of amides is 3. The first-order chi connectivity index (χ1) is 18.1. The predicted octanol–water partition coefficient (Wildman–Crippen LogP) is 0.209. The molecule has 6 N–H and O–H groups in total. The number of nitrogens with two attached hydrogens (primary N) is 2. The van der Waals surface area contributed by atoms with Crippen molar-refractivity contribution in [2.75, 3.05) is 51.2 Å². The van der Waals surface area contributed by atoms with Crippen molar-refractivity contribution in [2.45, 2.75) is 38.4 Å². The fourth-order valence-corrected chi connectivity index (χ4v) is 4.81. The Morgan fingerprint density at radius 1 is 1.10 bits per heavy atom. The fraction of sp³-hybridized carbons (Fsp3) is 0.538. The molecule has 2 fully saturated rings. The van der Waals surface area contributed by atoms with Crippen LogP contribution in [0.3, 0.4) is 0 Å². The lowest BCUT2D eigenvalue weighted by atomic mass is 9.94. The van der Waals surface area contributed by atoms with Gasteiger partial charge in [-0.1, -0.05) is 19.1 Å². The summed E-state index contributed by atoms with van der Waals surface area (Å²) in [6, 6.07) is 9.23. The largest absolute Gasteiger partial charge is 0.394 e. The third kappa shape index (κ3) is 7.34. The normalized spacial score (nSPS) is 21.6. The summed E-state index contributed by atoms with van der Waals surface area (Å²) in [5, 5.41) is 12.0. The number of benzene rings is 1. The summed E-state index contributed by atoms with van der Waals surface area (Å²) >= 11 is 0. The molecule has 3 atom stereocenters. The number of nitrogens with zero attached hydrogens (tertiary/aromatic N) is 5. The summed E-state index contributed by atoms with van der Waals surface area (Å²) in [5.74, 6) is 0.266. The van der Waals surface area contributed by atoms with Crippen LogP contribution in [0.25, 0.3) is 5.69 Å². The number of aromatic nitrogens is 2. The summed E-state index contributed by atoms with van der Waals surface area (Å²) in [6.07, 6.45) is 2.58. The molecule has 4 rings (SSSR count). The first kappa shape index (κ1) is 30.5. The van der Waals surface area contributed by atoms with Crippen molar-refractivity contribution >= 4 is 30.2 Å². The van der Waals surface area contributed by atoms with Crippen LogP contribution >= 0.6 is 12.4 Å². The van der Waals surface area contributed by atoms with Crippen LogP contribution in [-0.4, -0.2) is 98.8 Å². The van der Waals surface area contributed by atoms with Crippen molar-refractivity contribution in [3.05, 3.63) is 52.6 Å². The number of piperazine rings is 1. The molecular formula is C26H39ClN8O4. The molecule has 39 heavy (non-hydrogen) atoms. The number of nitrogens with one attached hydrogen (secondary N) is 1. The average Bonchev–Trinajstić information content (AvgIpc) is 2.91. The third-order valence-electron chi connectivity index (χ3n) is 7.39. The van der Waals surface area contributed by atoms with E-state index in [1.807, 2.05) is 24.3 Å². The number of likely N-dealkylation sites (tertiary alicyclic amines) is 1. The number of aliphatic hydroxyl groups is 1. The molecule has 214 valence electrons. The van der Waals surface area contributed by atoms with Gasteiger partial charge in [-0.15, -0.1) is 12.4 Å². The van der Waals surface area contributed by atoms with Crippen LogP contribution in [0, 0.1) is 5.92 Å². The Balaban J connectivity index is 0.00000420. The zero-order chi connectivity index (χ0) is 27.4. The molecule has 3 amide bonds. The Morgan fingerprint density at radius 3 is 2.33 bits per heavy atom. The SMILES string of the molecule is C[C@@H]1CN(Cc2ccc(-n3ccc(NC(=O)N4CCN(C(=O)[C@@](C)(N)CO)CC4)nc3=O)cc2)CC[C@H]1N.Cl. The highest BCUT2D eigenvalue weighted by atomic mass is 35.5. The Kier molecular flexibility index (Phi) is 10.1. The topological polar surface area (TPSA) is 163 Å². The van der Waals surface area contributed by atoms with Gasteiger partial charge in [0.15, 0.2) is 0 Å². The molecule has 0 unspecified atom stereocenters. The van der Waals surface area contributed by atoms with Crippen LogP contribution in [0.1, 0.15) is 25.8 Å². The minimum absolute atomic E-state index is 0. The summed E-state index contributed by atoms with van der Waals surface area (Å²) in [5.41, 5.74) is 12.0. The van der Waals surface area contributed by atoms with Gasteiger partial charge in [-0.05, 0) is 49.6 Å². The summed E-state index contributed by atoms with van der Waals surface area (Å²) in [6.45, 7) is 7.19. The van der Waals surface area contributed by atoms with Gasteiger partial charge in [0.1, 0.15) is 11.4 Å². The Hall–Kier alpha value is -3.03. The quantitative estimate of drug-likeness (QED) is 0.388. The van der Waals surface area contributed by atoms with Crippen LogP contribution in [-0.2, 0) is 11.3 Å².